The third-order valence-electron chi connectivity index (χ3n) is 11.7. The van der Waals surface area contributed by atoms with E-state index < -0.39 is 6.10 Å². The maximum Gasteiger partial charge on any atom is 0.306 e. The molecule has 6 heteroatoms. The summed E-state index contributed by atoms with van der Waals surface area (Å²) in [4.78, 5) is 38.2. The summed E-state index contributed by atoms with van der Waals surface area (Å²) in [7, 11) is 0. The van der Waals surface area contributed by atoms with Gasteiger partial charge in [0.1, 0.15) is 13.2 Å². The summed E-state index contributed by atoms with van der Waals surface area (Å²) in [6, 6.07) is 0. The molecule has 0 saturated carbocycles. The summed E-state index contributed by atoms with van der Waals surface area (Å²) in [6.07, 6.45) is 81.5. The molecule has 0 aromatic heterocycles. The fourth-order valence-corrected chi connectivity index (χ4v) is 7.42. The maximum absolute atomic E-state index is 12.9. The van der Waals surface area contributed by atoms with Gasteiger partial charge in [-0.25, -0.2) is 0 Å². The number of allylic oxidation sites excluding steroid dienone is 22. The fourth-order valence-electron chi connectivity index (χ4n) is 7.42. The van der Waals surface area contributed by atoms with Crippen molar-refractivity contribution in [3.05, 3.63) is 134 Å². The van der Waals surface area contributed by atoms with Crippen molar-refractivity contribution >= 4 is 17.9 Å². The van der Waals surface area contributed by atoms with E-state index in [1.54, 1.807) is 0 Å². The molecule has 1 unspecified atom stereocenters. The molecule has 0 spiro atoms. The van der Waals surface area contributed by atoms with Crippen molar-refractivity contribution in [2.75, 3.05) is 13.2 Å². The van der Waals surface area contributed by atoms with Crippen LogP contribution in [0, 0.1) is 0 Å². The maximum atomic E-state index is 12.9. The smallest absolute Gasteiger partial charge is 0.306 e. The van der Waals surface area contributed by atoms with Crippen LogP contribution in [0.4, 0.5) is 0 Å². The van der Waals surface area contributed by atoms with E-state index in [9.17, 15) is 14.4 Å². The molecule has 1 atom stereocenters. The molecule has 0 aliphatic heterocycles. The lowest BCUT2D eigenvalue weighted by molar-refractivity contribution is -0.167. The molecular formula is C65H104O6. The Morgan fingerprint density at radius 3 is 0.986 bits per heavy atom. The number of hydrogen-bond acceptors (Lipinski definition) is 6. The minimum absolute atomic E-state index is 0.109. The highest BCUT2D eigenvalue weighted by molar-refractivity contribution is 5.71. The molecule has 400 valence electrons. The van der Waals surface area contributed by atoms with Gasteiger partial charge in [-0.3, -0.25) is 14.4 Å². The number of esters is 3. The van der Waals surface area contributed by atoms with Crippen LogP contribution < -0.4 is 0 Å². The number of unbranched alkanes of at least 4 members (excludes halogenated alkanes) is 19. The molecule has 6 nitrogen and oxygen atoms in total. The summed E-state index contributed by atoms with van der Waals surface area (Å²) in [5, 5.41) is 0. The Labute approximate surface area is 436 Å². The quantitative estimate of drug-likeness (QED) is 0.0199. The highest BCUT2D eigenvalue weighted by Gasteiger charge is 2.19. The van der Waals surface area contributed by atoms with Gasteiger partial charge in [-0.1, -0.05) is 231 Å². The Kier molecular flexibility index (Phi) is 54.5. The number of rotatable bonds is 50. The van der Waals surface area contributed by atoms with Gasteiger partial charge in [0, 0.05) is 19.3 Å². The Hall–Kier alpha value is -4.45. The second-order valence-corrected chi connectivity index (χ2v) is 18.5. The van der Waals surface area contributed by atoms with Crippen molar-refractivity contribution in [3.63, 3.8) is 0 Å². The lowest BCUT2D eigenvalue weighted by Crippen LogP contribution is -2.30. The van der Waals surface area contributed by atoms with Gasteiger partial charge in [-0.15, -0.1) is 0 Å². The Bertz CT molecular complexity index is 1550. The van der Waals surface area contributed by atoms with E-state index in [-0.39, 0.29) is 37.5 Å². The van der Waals surface area contributed by atoms with Crippen LogP contribution >= 0.6 is 0 Å². The second kappa shape index (κ2) is 58.1. The van der Waals surface area contributed by atoms with Crippen LogP contribution in [0.3, 0.4) is 0 Å². The normalized spacial score (nSPS) is 13.1. The third-order valence-corrected chi connectivity index (χ3v) is 11.7. The van der Waals surface area contributed by atoms with Crippen molar-refractivity contribution < 1.29 is 28.6 Å². The van der Waals surface area contributed by atoms with Crippen LogP contribution in [0.2, 0.25) is 0 Å². The molecule has 0 bridgehead atoms. The molecule has 0 amide bonds. The monoisotopic (exact) mass is 981 g/mol. The van der Waals surface area contributed by atoms with Gasteiger partial charge >= 0.3 is 17.9 Å². The summed E-state index contributed by atoms with van der Waals surface area (Å²) in [5.74, 6) is -0.977. The Morgan fingerprint density at radius 1 is 0.310 bits per heavy atom. The number of carbonyl (C=O) groups excluding carboxylic acids is 3. The highest BCUT2D eigenvalue weighted by atomic mass is 16.6. The summed E-state index contributed by atoms with van der Waals surface area (Å²) in [6.45, 7) is 6.33. The summed E-state index contributed by atoms with van der Waals surface area (Å²) in [5.41, 5.74) is 0. The Balaban J connectivity index is 4.54. The van der Waals surface area contributed by atoms with Crippen molar-refractivity contribution in [1.82, 2.24) is 0 Å². The van der Waals surface area contributed by atoms with E-state index in [1.807, 2.05) is 0 Å². The van der Waals surface area contributed by atoms with Gasteiger partial charge in [0.25, 0.3) is 0 Å². The van der Waals surface area contributed by atoms with E-state index in [2.05, 4.69) is 154 Å². The van der Waals surface area contributed by atoms with E-state index in [0.29, 0.717) is 12.8 Å². The Morgan fingerprint density at radius 2 is 0.606 bits per heavy atom. The molecule has 0 saturated heterocycles. The average molecular weight is 982 g/mol. The first-order chi connectivity index (χ1) is 35.0. The van der Waals surface area contributed by atoms with Crippen LogP contribution in [0.1, 0.15) is 239 Å². The van der Waals surface area contributed by atoms with Gasteiger partial charge < -0.3 is 14.2 Å². The first-order valence-electron chi connectivity index (χ1n) is 28.7. The van der Waals surface area contributed by atoms with Crippen molar-refractivity contribution in [3.8, 4) is 0 Å². The van der Waals surface area contributed by atoms with Gasteiger partial charge in [0.15, 0.2) is 6.10 Å². The minimum Gasteiger partial charge on any atom is -0.462 e. The zero-order chi connectivity index (χ0) is 51.4. The topological polar surface area (TPSA) is 78.9 Å². The first kappa shape index (κ1) is 66.6. The minimum atomic E-state index is -0.814. The van der Waals surface area contributed by atoms with E-state index in [1.165, 1.54) is 44.9 Å². The van der Waals surface area contributed by atoms with Crippen LogP contribution in [0.15, 0.2) is 134 Å². The molecular weight excluding hydrogens is 877 g/mol. The molecule has 71 heavy (non-hydrogen) atoms. The van der Waals surface area contributed by atoms with Crippen LogP contribution in [-0.4, -0.2) is 37.2 Å². The fraction of sp³-hybridized carbons (Fsp3) is 0.615. The molecule has 0 aliphatic rings. The molecule has 0 rings (SSSR count). The predicted octanol–water partition coefficient (Wildman–Crippen LogP) is 19.4. The molecule has 0 heterocycles. The molecule has 0 aliphatic carbocycles. The first-order valence-corrected chi connectivity index (χ1v) is 28.7. The van der Waals surface area contributed by atoms with Crippen molar-refractivity contribution in [2.24, 2.45) is 0 Å². The van der Waals surface area contributed by atoms with E-state index in [0.717, 1.165) is 154 Å². The van der Waals surface area contributed by atoms with Crippen LogP contribution in [0.5, 0.6) is 0 Å². The summed E-state index contributed by atoms with van der Waals surface area (Å²) < 4.78 is 16.8. The summed E-state index contributed by atoms with van der Waals surface area (Å²) >= 11 is 0. The SMILES string of the molecule is CC/C=C\C/C=C\C/C=C\C/C=C\C/C=C\CCCCCC(=O)OCC(COC(=O)CCCCCCCC/C=C\C/C=C\C/C=C\CC)OC(=O)CCCCCCC\C=C/C=C\C=C/CCCCCCC. The molecule has 0 N–H and O–H groups in total. The van der Waals surface area contributed by atoms with Gasteiger partial charge in [-0.2, -0.15) is 0 Å². The lowest BCUT2D eigenvalue weighted by Gasteiger charge is -2.18. The standard InChI is InChI=1S/C65H104O6/c1-4-7-10-13-16-19-22-25-28-31-33-35-37-40-43-46-49-52-55-58-64(67)70-61-62(60-69-63(66)57-54-51-48-45-42-39-36-30-27-24-21-18-15-12-9-6-3)71-65(68)59-56-53-50-47-44-41-38-34-32-29-26-23-20-17-14-11-8-5-2/h7,9-10,12,16,18-19,21,23,25-30,32-35,38,40,43,62H,4-6,8,11,13-15,17,20,22,24,31,36-37,39,41-42,44-61H2,1-3H3/b10-7-,12-9-,19-16-,21-18-,26-23-,28-25-,30-27-,32-29-,35-33-,38-34-,43-40-. The number of ether oxygens (including phenoxy) is 3. The van der Waals surface area contributed by atoms with Crippen LogP contribution in [-0.2, 0) is 28.6 Å². The highest BCUT2D eigenvalue weighted by Crippen LogP contribution is 2.13. The number of carbonyl (C=O) groups is 3. The molecule has 0 fully saturated rings. The molecule has 0 aromatic carbocycles. The zero-order valence-corrected chi connectivity index (χ0v) is 45.7. The number of hydrogen-bond donors (Lipinski definition) is 0. The molecule has 0 aromatic rings. The van der Waals surface area contributed by atoms with Crippen LogP contribution in [0.25, 0.3) is 0 Å². The van der Waals surface area contributed by atoms with Gasteiger partial charge in [0.2, 0.25) is 0 Å². The van der Waals surface area contributed by atoms with Crippen molar-refractivity contribution in [1.29, 1.82) is 0 Å². The lowest BCUT2D eigenvalue weighted by atomic mass is 10.1. The predicted molar refractivity (Wildman–Crippen MR) is 306 cm³/mol. The zero-order valence-electron chi connectivity index (χ0n) is 45.7. The van der Waals surface area contributed by atoms with Crippen molar-refractivity contribution in [2.45, 2.75) is 245 Å². The van der Waals surface area contributed by atoms with Gasteiger partial charge in [0.05, 0.1) is 0 Å². The van der Waals surface area contributed by atoms with E-state index >= 15 is 0 Å². The molecule has 0 radical (unpaired) electrons. The van der Waals surface area contributed by atoms with E-state index in [4.69, 9.17) is 14.2 Å². The largest absolute Gasteiger partial charge is 0.462 e. The average Bonchev–Trinajstić information content (AvgIpc) is 3.37. The second-order valence-electron chi connectivity index (χ2n) is 18.5. The third kappa shape index (κ3) is 56.3. The van der Waals surface area contributed by atoms with Gasteiger partial charge in [-0.05, 0) is 122 Å².